The molecule has 2 amide bonds. The van der Waals surface area contributed by atoms with Crippen molar-refractivity contribution in [2.24, 2.45) is 5.92 Å². The van der Waals surface area contributed by atoms with Crippen LogP contribution in [0, 0.1) is 5.92 Å². The smallest absolute Gasteiger partial charge is 0.254 e. The van der Waals surface area contributed by atoms with Crippen molar-refractivity contribution in [1.29, 1.82) is 0 Å². The molecule has 2 aromatic carbocycles. The molecule has 1 aliphatic carbocycles. The molecule has 146 valence electrons. The zero-order valence-electron chi connectivity index (χ0n) is 15.8. The number of carbonyl (C=O) groups excluding carboxylic acids is 2. The minimum Gasteiger partial charge on any atom is -0.497 e. The van der Waals surface area contributed by atoms with Gasteiger partial charge in [0.15, 0.2) is 0 Å². The summed E-state index contributed by atoms with van der Waals surface area (Å²) in [5, 5.41) is 0.733. The number of halogens is 1. The van der Waals surface area contributed by atoms with Crippen LogP contribution in [0.5, 0.6) is 5.75 Å². The minimum atomic E-state index is -0.0219. The SMILES string of the molecule is COc1cccc(C(=O)N2CCN(C(=O)C3CC3c3ccccc3Cl)CC2)c1. The molecule has 4 rings (SSSR count). The van der Waals surface area contributed by atoms with Gasteiger partial charge in [0.25, 0.3) is 5.91 Å². The molecule has 2 aliphatic rings. The van der Waals surface area contributed by atoms with Gasteiger partial charge in [0, 0.05) is 42.7 Å². The molecule has 1 aliphatic heterocycles. The van der Waals surface area contributed by atoms with E-state index in [1.807, 2.05) is 41.3 Å². The molecule has 0 spiro atoms. The lowest BCUT2D eigenvalue weighted by molar-refractivity contribution is -0.134. The number of benzene rings is 2. The highest BCUT2D eigenvalue weighted by Gasteiger charge is 2.46. The van der Waals surface area contributed by atoms with E-state index in [0.29, 0.717) is 37.5 Å². The molecule has 2 unspecified atom stereocenters. The summed E-state index contributed by atoms with van der Waals surface area (Å²) in [5.41, 5.74) is 1.68. The quantitative estimate of drug-likeness (QED) is 0.792. The molecule has 0 aromatic heterocycles. The van der Waals surface area contributed by atoms with E-state index < -0.39 is 0 Å². The predicted molar refractivity (Wildman–Crippen MR) is 108 cm³/mol. The Morgan fingerprint density at radius 3 is 2.43 bits per heavy atom. The van der Waals surface area contributed by atoms with Gasteiger partial charge in [-0.15, -0.1) is 0 Å². The molecule has 2 fully saturated rings. The lowest BCUT2D eigenvalue weighted by atomic mass is 10.1. The van der Waals surface area contributed by atoms with Crippen LogP contribution in [0.4, 0.5) is 0 Å². The molecule has 0 radical (unpaired) electrons. The highest BCUT2D eigenvalue weighted by molar-refractivity contribution is 6.31. The third-order valence-corrected chi connectivity index (χ3v) is 5.95. The first kappa shape index (κ1) is 18.8. The van der Waals surface area contributed by atoms with Crippen LogP contribution in [-0.4, -0.2) is 54.9 Å². The second kappa shape index (κ2) is 7.84. The van der Waals surface area contributed by atoms with Crippen LogP contribution in [0.25, 0.3) is 0 Å². The third kappa shape index (κ3) is 3.72. The maximum atomic E-state index is 12.8. The number of hydrogen-bond donors (Lipinski definition) is 0. The number of nitrogens with zero attached hydrogens (tertiary/aromatic N) is 2. The first-order valence-corrected chi connectivity index (χ1v) is 9.93. The fraction of sp³-hybridized carbons (Fsp3) is 0.364. The first-order chi connectivity index (χ1) is 13.6. The van der Waals surface area contributed by atoms with Gasteiger partial charge in [0.1, 0.15) is 5.75 Å². The summed E-state index contributed by atoms with van der Waals surface area (Å²) in [5.74, 6) is 1.06. The molecule has 1 saturated heterocycles. The van der Waals surface area contributed by atoms with Crippen molar-refractivity contribution in [3.05, 3.63) is 64.7 Å². The Kier molecular flexibility index (Phi) is 5.27. The van der Waals surface area contributed by atoms with Crippen molar-refractivity contribution < 1.29 is 14.3 Å². The molecule has 28 heavy (non-hydrogen) atoms. The molecule has 0 N–H and O–H groups in total. The van der Waals surface area contributed by atoms with Gasteiger partial charge in [0.05, 0.1) is 7.11 Å². The van der Waals surface area contributed by atoms with Crippen LogP contribution in [-0.2, 0) is 4.79 Å². The summed E-state index contributed by atoms with van der Waals surface area (Å²) in [6, 6.07) is 14.9. The topological polar surface area (TPSA) is 49.9 Å². The molecule has 2 aromatic rings. The Balaban J connectivity index is 1.34. The fourth-order valence-corrected chi connectivity index (χ4v) is 4.17. The number of amides is 2. The zero-order valence-corrected chi connectivity index (χ0v) is 16.6. The number of carbonyl (C=O) groups is 2. The van der Waals surface area contributed by atoms with Gasteiger partial charge in [-0.05, 0) is 42.2 Å². The van der Waals surface area contributed by atoms with Gasteiger partial charge in [0.2, 0.25) is 5.91 Å². The Morgan fingerprint density at radius 1 is 1.00 bits per heavy atom. The third-order valence-electron chi connectivity index (χ3n) is 5.61. The van der Waals surface area contributed by atoms with E-state index >= 15 is 0 Å². The van der Waals surface area contributed by atoms with Crippen LogP contribution < -0.4 is 4.74 Å². The summed E-state index contributed by atoms with van der Waals surface area (Å²) in [7, 11) is 1.59. The molecule has 2 atom stereocenters. The van der Waals surface area contributed by atoms with Gasteiger partial charge in [-0.3, -0.25) is 9.59 Å². The van der Waals surface area contributed by atoms with Gasteiger partial charge in [-0.25, -0.2) is 0 Å². The number of methoxy groups -OCH3 is 1. The lowest BCUT2D eigenvalue weighted by Gasteiger charge is -2.35. The van der Waals surface area contributed by atoms with Gasteiger partial charge >= 0.3 is 0 Å². The maximum absolute atomic E-state index is 12.8. The van der Waals surface area contributed by atoms with E-state index in [1.54, 1.807) is 24.1 Å². The zero-order chi connectivity index (χ0) is 19.7. The van der Waals surface area contributed by atoms with Crippen LogP contribution in [0.2, 0.25) is 5.02 Å². The Labute approximate surface area is 169 Å². The van der Waals surface area contributed by atoms with Crippen LogP contribution in [0.1, 0.15) is 28.3 Å². The van der Waals surface area contributed by atoms with Crippen LogP contribution in [0.15, 0.2) is 48.5 Å². The van der Waals surface area contributed by atoms with E-state index in [9.17, 15) is 9.59 Å². The molecule has 1 heterocycles. The maximum Gasteiger partial charge on any atom is 0.254 e. The summed E-state index contributed by atoms with van der Waals surface area (Å²) >= 11 is 6.27. The minimum absolute atomic E-state index is 0.0144. The molecular weight excluding hydrogens is 376 g/mol. The second-order valence-electron chi connectivity index (χ2n) is 7.32. The van der Waals surface area contributed by atoms with Gasteiger partial charge in [-0.2, -0.15) is 0 Å². The monoisotopic (exact) mass is 398 g/mol. The van der Waals surface area contributed by atoms with Crippen molar-refractivity contribution in [2.45, 2.75) is 12.3 Å². The van der Waals surface area contributed by atoms with Gasteiger partial charge < -0.3 is 14.5 Å². The van der Waals surface area contributed by atoms with E-state index in [1.165, 1.54) is 0 Å². The average molecular weight is 399 g/mol. The standard InChI is InChI=1S/C22H23ClN2O3/c1-28-16-6-4-5-15(13-16)21(26)24-9-11-25(12-10-24)22(27)19-14-18(19)17-7-2-3-8-20(17)23/h2-8,13,18-19H,9-12,14H2,1H3. The summed E-state index contributed by atoms with van der Waals surface area (Å²) in [6.07, 6.45) is 0.853. The van der Waals surface area contributed by atoms with Crippen molar-refractivity contribution in [3.63, 3.8) is 0 Å². The fourth-order valence-electron chi connectivity index (χ4n) is 3.89. The molecule has 5 nitrogen and oxygen atoms in total. The first-order valence-electron chi connectivity index (χ1n) is 9.55. The Morgan fingerprint density at radius 2 is 1.71 bits per heavy atom. The predicted octanol–water partition coefficient (Wildman–Crippen LogP) is 3.44. The van der Waals surface area contributed by atoms with Crippen LogP contribution >= 0.6 is 11.6 Å². The molecular formula is C22H23ClN2O3. The Bertz CT molecular complexity index is 893. The number of ether oxygens (including phenoxy) is 1. The molecule has 1 saturated carbocycles. The van der Waals surface area contributed by atoms with Crippen molar-refractivity contribution >= 4 is 23.4 Å². The summed E-state index contributed by atoms with van der Waals surface area (Å²) < 4.78 is 5.20. The molecule has 0 bridgehead atoms. The number of hydrogen-bond acceptors (Lipinski definition) is 3. The van der Waals surface area contributed by atoms with Crippen molar-refractivity contribution in [3.8, 4) is 5.75 Å². The highest BCUT2D eigenvalue weighted by atomic mass is 35.5. The number of piperazine rings is 1. The van der Waals surface area contributed by atoms with E-state index in [4.69, 9.17) is 16.3 Å². The van der Waals surface area contributed by atoms with E-state index in [-0.39, 0.29) is 23.7 Å². The van der Waals surface area contributed by atoms with Crippen LogP contribution in [0.3, 0.4) is 0 Å². The van der Waals surface area contributed by atoms with Crippen molar-refractivity contribution in [2.75, 3.05) is 33.3 Å². The van der Waals surface area contributed by atoms with Crippen molar-refractivity contribution in [1.82, 2.24) is 9.80 Å². The summed E-state index contributed by atoms with van der Waals surface area (Å²) in [6.45, 7) is 2.23. The Hall–Kier alpha value is -2.53. The van der Waals surface area contributed by atoms with E-state index in [0.717, 1.165) is 17.0 Å². The largest absolute Gasteiger partial charge is 0.497 e. The number of rotatable bonds is 4. The normalized spacial score (nSPS) is 21.4. The van der Waals surface area contributed by atoms with E-state index in [2.05, 4.69) is 0 Å². The highest BCUT2D eigenvalue weighted by Crippen LogP contribution is 2.50. The lowest BCUT2D eigenvalue weighted by Crippen LogP contribution is -2.51. The second-order valence-corrected chi connectivity index (χ2v) is 7.73. The summed E-state index contributed by atoms with van der Waals surface area (Å²) in [4.78, 5) is 29.3. The molecule has 6 heteroatoms. The average Bonchev–Trinajstić information content (AvgIpc) is 3.54. The van der Waals surface area contributed by atoms with Gasteiger partial charge in [-0.1, -0.05) is 35.9 Å².